The molecule has 5 heteroatoms. The summed E-state index contributed by atoms with van der Waals surface area (Å²) in [6.45, 7) is 3.84. The third kappa shape index (κ3) is 4.06. The zero-order chi connectivity index (χ0) is 15.1. The maximum absolute atomic E-state index is 12.3. The molecule has 0 aromatic heterocycles. The lowest BCUT2D eigenvalue weighted by atomic mass is 9.95. The molecule has 0 aliphatic carbocycles. The molecular formula is C15H22N2O3. The van der Waals surface area contributed by atoms with E-state index < -0.39 is 17.9 Å². The van der Waals surface area contributed by atoms with Crippen LogP contribution in [0.4, 0.5) is 0 Å². The van der Waals surface area contributed by atoms with Gasteiger partial charge < -0.3 is 16.2 Å². The van der Waals surface area contributed by atoms with Crippen LogP contribution in [0.3, 0.4) is 0 Å². The number of rotatable bonds is 7. The molecule has 1 amide bonds. The second-order valence-corrected chi connectivity index (χ2v) is 4.91. The molecule has 1 rings (SSSR count). The van der Waals surface area contributed by atoms with Gasteiger partial charge in [-0.15, -0.1) is 0 Å². The molecule has 0 spiro atoms. The maximum atomic E-state index is 12.3. The molecule has 0 bridgehead atoms. The minimum absolute atomic E-state index is 0.134. The van der Waals surface area contributed by atoms with Crippen molar-refractivity contribution in [3.05, 3.63) is 35.9 Å². The van der Waals surface area contributed by atoms with E-state index in [9.17, 15) is 14.7 Å². The second-order valence-electron chi connectivity index (χ2n) is 4.91. The van der Waals surface area contributed by atoms with Crippen molar-refractivity contribution < 1.29 is 14.7 Å². The minimum Gasteiger partial charge on any atom is -0.480 e. The average molecular weight is 278 g/mol. The van der Waals surface area contributed by atoms with Crippen molar-refractivity contribution in [1.29, 1.82) is 0 Å². The zero-order valence-electron chi connectivity index (χ0n) is 11.9. The first-order chi connectivity index (χ1) is 9.51. The summed E-state index contributed by atoms with van der Waals surface area (Å²) in [5, 5.41) is 11.8. The number of carboxylic acids is 1. The fraction of sp³-hybridized carbons (Fsp3) is 0.467. The molecule has 1 aromatic rings. The molecule has 3 atom stereocenters. The van der Waals surface area contributed by atoms with Crippen LogP contribution in [0.25, 0.3) is 0 Å². The van der Waals surface area contributed by atoms with Crippen LogP contribution in [0, 0.1) is 5.92 Å². The van der Waals surface area contributed by atoms with Crippen molar-refractivity contribution in [2.24, 2.45) is 11.7 Å². The molecule has 5 nitrogen and oxygen atoms in total. The number of carboxylic acid groups (broad SMARTS) is 1. The number of aliphatic carboxylic acids is 1. The first-order valence-corrected chi connectivity index (χ1v) is 6.79. The number of amides is 1. The Hall–Kier alpha value is -1.88. The second kappa shape index (κ2) is 7.65. The third-order valence-corrected chi connectivity index (χ3v) is 3.53. The topological polar surface area (TPSA) is 92.4 Å². The first kappa shape index (κ1) is 16.2. The Morgan fingerprint density at radius 2 is 1.90 bits per heavy atom. The van der Waals surface area contributed by atoms with Gasteiger partial charge in [0.05, 0.1) is 5.92 Å². The number of hydrogen-bond acceptors (Lipinski definition) is 3. The molecule has 0 heterocycles. The summed E-state index contributed by atoms with van der Waals surface area (Å²) in [6.07, 6.45) is 0.676. The predicted octanol–water partition coefficient (Wildman–Crippen LogP) is 1.34. The van der Waals surface area contributed by atoms with Gasteiger partial charge in [0.15, 0.2) is 0 Å². The number of carbonyl (C=O) groups excluding carboxylic acids is 1. The Morgan fingerprint density at radius 3 is 2.35 bits per heavy atom. The van der Waals surface area contributed by atoms with E-state index in [1.54, 1.807) is 6.92 Å². The van der Waals surface area contributed by atoms with Gasteiger partial charge in [-0.05, 0) is 11.5 Å². The summed E-state index contributed by atoms with van der Waals surface area (Å²) in [7, 11) is 0. The van der Waals surface area contributed by atoms with Crippen LogP contribution in [0.5, 0.6) is 0 Å². The summed E-state index contributed by atoms with van der Waals surface area (Å²) in [4.78, 5) is 23.5. The maximum Gasteiger partial charge on any atom is 0.326 e. The number of nitrogens with two attached hydrogens (primary N) is 1. The van der Waals surface area contributed by atoms with E-state index in [1.807, 2.05) is 37.3 Å². The molecule has 0 saturated heterocycles. The van der Waals surface area contributed by atoms with Crippen LogP contribution >= 0.6 is 0 Å². The molecule has 0 aliphatic heterocycles. The van der Waals surface area contributed by atoms with Gasteiger partial charge in [0.25, 0.3) is 0 Å². The van der Waals surface area contributed by atoms with Crippen LogP contribution in [-0.4, -0.2) is 29.6 Å². The Labute approximate surface area is 119 Å². The van der Waals surface area contributed by atoms with E-state index in [2.05, 4.69) is 5.32 Å². The SMILES string of the molecule is CC[C@H](C)[C@H](NC(=O)C(CN)c1ccccc1)C(=O)O. The van der Waals surface area contributed by atoms with Crippen molar-refractivity contribution >= 4 is 11.9 Å². The molecule has 0 radical (unpaired) electrons. The Morgan fingerprint density at radius 1 is 1.30 bits per heavy atom. The lowest BCUT2D eigenvalue weighted by Crippen LogP contribution is -2.47. The highest BCUT2D eigenvalue weighted by atomic mass is 16.4. The summed E-state index contributed by atoms with van der Waals surface area (Å²) in [5.74, 6) is -2.02. The lowest BCUT2D eigenvalue weighted by Gasteiger charge is -2.23. The van der Waals surface area contributed by atoms with E-state index in [1.165, 1.54) is 0 Å². The van der Waals surface area contributed by atoms with Crippen LogP contribution < -0.4 is 11.1 Å². The fourth-order valence-electron chi connectivity index (χ4n) is 2.02. The van der Waals surface area contributed by atoms with Crippen LogP contribution in [0.1, 0.15) is 31.7 Å². The zero-order valence-corrected chi connectivity index (χ0v) is 11.9. The lowest BCUT2D eigenvalue weighted by molar-refractivity contribution is -0.143. The summed E-state index contributed by atoms with van der Waals surface area (Å²) in [6, 6.07) is 8.26. The Bertz CT molecular complexity index is 448. The summed E-state index contributed by atoms with van der Waals surface area (Å²) < 4.78 is 0. The monoisotopic (exact) mass is 278 g/mol. The van der Waals surface area contributed by atoms with Gasteiger partial charge in [0.1, 0.15) is 6.04 Å². The van der Waals surface area contributed by atoms with Crippen molar-refractivity contribution in [3.8, 4) is 0 Å². The van der Waals surface area contributed by atoms with E-state index in [4.69, 9.17) is 5.73 Å². The van der Waals surface area contributed by atoms with Gasteiger partial charge in [-0.2, -0.15) is 0 Å². The minimum atomic E-state index is -1.02. The van der Waals surface area contributed by atoms with Gasteiger partial charge >= 0.3 is 5.97 Å². The van der Waals surface area contributed by atoms with Crippen molar-refractivity contribution in [1.82, 2.24) is 5.32 Å². The van der Waals surface area contributed by atoms with Crippen molar-refractivity contribution in [3.63, 3.8) is 0 Å². The first-order valence-electron chi connectivity index (χ1n) is 6.79. The van der Waals surface area contributed by atoms with E-state index in [0.717, 1.165) is 5.56 Å². The standard InChI is InChI=1S/C15H22N2O3/c1-3-10(2)13(15(19)20)17-14(18)12(9-16)11-7-5-4-6-8-11/h4-8,10,12-13H,3,9,16H2,1-2H3,(H,17,18)(H,19,20)/t10-,12?,13-/m0/s1. The highest BCUT2D eigenvalue weighted by molar-refractivity contribution is 5.88. The van der Waals surface area contributed by atoms with Gasteiger partial charge in [0, 0.05) is 6.54 Å². The van der Waals surface area contributed by atoms with E-state index >= 15 is 0 Å². The highest BCUT2D eigenvalue weighted by Gasteiger charge is 2.28. The number of carbonyl (C=O) groups is 2. The molecule has 0 aliphatic rings. The summed E-state index contributed by atoms with van der Waals surface area (Å²) in [5.41, 5.74) is 6.45. The van der Waals surface area contributed by atoms with Gasteiger partial charge in [-0.25, -0.2) is 4.79 Å². The molecular weight excluding hydrogens is 256 g/mol. The number of benzene rings is 1. The van der Waals surface area contributed by atoms with E-state index in [-0.39, 0.29) is 18.4 Å². The van der Waals surface area contributed by atoms with Gasteiger partial charge in [0.2, 0.25) is 5.91 Å². The molecule has 1 unspecified atom stereocenters. The van der Waals surface area contributed by atoms with Crippen molar-refractivity contribution in [2.45, 2.75) is 32.2 Å². The molecule has 0 saturated carbocycles. The van der Waals surface area contributed by atoms with Gasteiger partial charge in [-0.3, -0.25) is 4.79 Å². The fourth-order valence-corrected chi connectivity index (χ4v) is 2.02. The summed E-state index contributed by atoms with van der Waals surface area (Å²) >= 11 is 0. The third-order valence-electron chi connectivity index (χ3n) is 3.53. The molecule has 4 N–H and O–H groups in total. The molecule has 1 aromatic carbocycles. The quantitative estimate of drug-likeness (QED) is 0.702. The molecule has 0 fully saturated rings. The average Bonchev–Trinajstić information content (AvgIpc) is 2.45. The Balaban J connectivity index is 2.84. The Kier molecular flexibility index (Phi) is 6.18. The van der Waals surface area contributed by atoms with Crippen LogP contribution in [-0.2, 0) is 9.59 Å². The van der Waals surface area contributed by atoms with E-state index in [0.29, 0.717) is 6.42 Å². The molecule has 20 heavy (non-hydrogen) atoms. The molecule has 110 valence electrons. The number of nitrogens with one attached hydrogen (secondary N) is 1. The van der Waals surface area contributed by atoms with Gasteiger partial charge in [-0.1, -0.05) is 50.6 Å². The smallest absolute Gasteiger partial charge is 0.326 e. The number of hydrogen-bond donors (Lipinski definition) is 3. The highest BCUT2D eigenvalue weighted by Crippen LogP contribution is 2.16. The van der Waals surface area contributed by atoms with Crippen molar-refractivity contribution in [2.75, 3.05) is 6.54 Å². The van der Waals surface area contributed by atoms with Crippen LogP contribution in [0.2, 0.25) is 0 Å². The normalized spacial score (nSPS) is 15.2. The van der Waals surface area contributed by atoms with Crippen LogP contribution in [0.15, 0.2) is 30.3 Å². The predicted molar refractivity (Wildman–Crippen MR) is 77.3 cm³/mol. The largest absolute Gasteiger partial charge is 0.480 e.